The van der Waals surface area contributed by atoms with Gasteiger partial charge in [-0.25, -0.2) is 8.42 Å². The van der Waals surface area contributed by atoms with Gasteiger partial charge in [0, 0.05) is 13.1 Å². The molecule has 0 bridgehead atoms. The van der Waals surface area contributed by atoms with Gasteiger partial charge in [-0.05, 0) is 23.1 Å². The third-order valence-corrected chi connectivity index (χ3v) is 5.80. The Morgan fingerprint density at radius 3 is 2.09 bits per heavy atom. The van der Waals surface area contributed by atoms with Crippen molar-refractivity contribution in [2.24, 2.45) is 0 Å². The summed E-state index contributed by atoms with van der Waals surface area (Å²) in [6, 6.07) is 7.18. The minimum atomic E-state index is -3.42. The molecule has 6 nitrogen and oxygen atoms in total. The second-order valence-corrected chi connectivity index (χ2v) is 8.54. The topological polar surface area (TPSA) is 68.1 Å². The zero-order valence-corrected chi connectivity index (χ0v) is 13.8. The lowest BCUT2D eigenvalue weighted by molar-refractivity contribution is 0.175. The molecule has 0 saturated carbocycles. The van der Waals surface area contributed by atoms with E-state index in [0.29, 0.717) is 18.0 Å². The van der Waals surface area contributed by atoms with E-state index in [4.69, 9.17) is 0 Å². The van der Waals surface area contributed by atoms with E-state index in [0.717, 1.165) is 5.56 Å². The summed E-state index contributed by atoms with van der Waals surface area (Å²) in [5.74, 6) is 0. The zero-order chi connectivity index (χ0) is 16.0. The maximum atomic E-state index is 12.6. The second kappa shape index (κ2) is 5.17. The van der Waals surface area contributed by atoms with Crippen molar-refractivity contribution in [1.82, 2.24) is 19.3 Å². The number of hydrogen-bond acceptors (Lipinski definition) is 4. The molecule has 1 fully saturated rings. The molecule has 7 heteroatoms. The van der Waals surface area contributed by atoms with Crippen LogP contribution < -0.4 is 0 Å². The molecule has 118 valence electrons. The van der Waals surface area contributed by atoms with Crippen LogP contribution in [0.15, 0.2) is 41.6 Å². The highest BCUT2D eigenvalue weighted by atomic mass is 32.2. The van der Waals surface area contributed by atoms with Crippen LogP contribution >= 0.6 is 0 Å². The fourth-order valence-corrected chi connectivity index (χ4v) is 3.96. The van der Waals surface area contributed by atoms with Gasteiger partial charge >= 0.3 is 0 Å². The van der Waals surface area contributed by atoms with Gasteiger partial charge < -0.3 is 0 Å². The first-order valence-corrected chi connectivity index (χ1v) is 8.69. The smallest absolute Gasteiger partial charge is 0.207 e. The average Bonchev–Trinajstić information content (AvgIpc) is 2.89. The highest BCUT2D eigenvalue weighted by molar-refractivity contribution is 7.89. The summed E-state index contributed by atoms with van der Waals surface area (Å²) in [6.45, 7) is 7.14. The van der Waals surface area contributed by atoms with Crippen molar-refractivity contribution in [2.75, 3.05) is 13.1 Å². The molecule has 2 aromatic rings. The van der Waals surface area contributed by atoms with E-state index >= 15 is 0 Å². The third-order valence-electron chi connectivity index (χ3n) is 3.95. The Labute approximate surface area is 130 Å². The molecule has 0 aliphatic carbocycles. The molecule has 3 rings (SSSR count). The van der Waals surface area contributed by atoms with Crippen LogP contribution in [0, 0.1) is 0 Å². The predicted molar refractivity (Wildman–Crippen MR) is 83.0 cm³/mol. The number of aromatic nitrogens is 3. The quantitative estimate of drug-likeness (QED) is 0.865. The van der Waals surface area contributed by atoms with Crippen LogP contribution in [0.3, 0.4) is 0 Å². The van der Waals surface area contributed by atoms with Gasteiger partial charge in [0.2, 0.25) is 10.0 Å². The summed E-state index contributed by atoms with van der Waals surface area (Å²) < 4.78 is 26.6. The summed E-state index contributed by atoms with van der Waals surface area (Å²) in [6.07, 6.45) is 3.20. The Bertz CT molecular complexity index is 740. The van der Waals surface area contributed by atoms with Crippen LogP contribution in [0.4, 0.5) is 0 Å². The normalized spacial score (nSPS) is 17.4. The van der Waals surface area contributed by atoms with Crippen molar-refractivity contribution in [1.29, 1.82) is 0 Å². The van der Waals surface area contributed by atoms with Gasteiger partial charge in [0.15, 0.2) is 0 Å². The molecule has 22 heavy (non-hydrogen) atoms. The van der Waals surface area contributed by atoms with Crippen molar-refractivity contribution < 1.29 is 8.42 Å². The molecule has 0 N–H and O–H groups in total. The van der Waals surface area contributed by atoms with Gasteiger partial charge in [0.25, 0.3) is 0 Å². The number of benzene rings is 1. The molecular weight excluding hydrogens is 300 g/mol. The van der Waals surface area contributed by atoms with E-state index in [2.05, 4.69) is 31.0 Å². The lowest BCUT2D eigenvalue weighted by atomic mass is 9.87. The monoisotopic (exact) mass is 320 g/mol. The maximum Gasteiger partial charge on any atom is 0.243 e. The molecule has 1 aromatic carbocycles. The largest absolute Gasteiger partial charge is 0.243 e. The van der Waals surface area contributed by atoms with Crippen molar-refractivity contribution in [3.63, 3.8) is 0 Å². The summed E-state index contributed by atoms with van der Waals surface area (Å²) in [5.41, 5.74) is 1.13. The first-order chi connectivity index (χ1) is 10.3. The Kier molecular flexibility index (Phi) is 3.57. The van der Waals surface area contributed by atoms with Gasteiger partial charge in [-0.3, -0.25) is 0 Å². The van der Waals surface area contributed by atoms with Crippen LogP contribution in [0.1, 0.15) is 32.4 Å². The molecule has 0 spiro atoms. The second-order valence-electron chi connectivity index (χ2n) is 6.60. The van der Waals surface area contributed by atoms with Crippen LogP contribution in [-0.4, -0.2) is 40.8 Å². The fourth-order valence-electron chi connectivity index (χ4n) is 2.45. The Balaban J connectivity index is 1.74. The molecule has 0 unspecified atom stereocenters. The molecule has 0 atom stereocenters. The number of nitrogens with zero attached hydrogens (tertiary/aromatic N) is 4. The van der Waals surface area contributed by atoms with Crippen molar-refractivity contribution in [2.45, 2.75) is 37.1 Å². The van der Waals surface area contributed by atoms with Gasteiger partial charge in [0.1, 0.15) is 0 Å². The standard InChI is InChI=1S/C15H20N4O2S/c1-15(2,3)12-4-6-14(7-5-12)22(20,21)18-10-13(11-18)19-16-8-9-17-19/h4-9,13H,10-11H2,1-3H3. The van der Waals surface area contributed by atoms with Crippen molar-refractivity contribution in [3.05, 3.63) is 42.2 Å². The first-order valence-electron chi connectivity index (χ1n) is 7.25. The number of rotatable bonds is 3. The molecule has 2 heterocycles. The highest BCUT2D eigenvalue weighted by Crippen LogP contribution is 2.29. The minimum absolute atomic E-state index is 0.00983. The minimum Gasteiger partial charge on any atom is -0.207 e. The van der Waals surface area contributed by atoms with Crippen molar-refractivity contribution >= 4 is 10.0 Å². The molecule has 0 amide bonds. The SMILES string of the molecule is CC(C)(C)c1ccc(S(=O)(=O)N2CC(n3nccn3)C2)cc1. The van der Waals surface area contributed by atoms with Crippen molar-refractivity contribution in [3.8, 4) is 0 Å². The summed E-state index contributed by atoms with van der Waals surface area (Å²) >= 11 is 0. The van der Waals surface area contributed by atoms with E-state index in [1.807, 2.05) is 12.1 Å². The number of hydrogen-bond donors (Lipinski definition) is 0. The van der Waals surface area contributed by atoms with E-state index in [1.54, 1.807) is 29.3 Å². The molecule has 0 radical (unpaired) electrons. The molecule has 1 aromatic heterocycles. The van der Waals surface area contributed by atoms with Crippen LogP contribution in [-0.2, 0) is 15.4 Å². The summed E-state index contributed by atoms with van der Waals surface area (Å²) in [4.78, 5) is 1.90. The van der Waals surface area contributed by atoms with Gasteiger partial charge in [-0.1, -0.05) is 32.9 Å². The van der Waals surface area contributed by atoms with E-state index in [1.165, 1.54) is 4.31 Å². The van der Waals surface area contributed by atoms with E-state index in [9.17, 15) is 8.42 Å². The third kappa shape index (κ3) is 2.66. The molecule has 1 aliphatic heterocycles. The van der Waals surface area contributed by atoms with Crippen LogP contribution in [0.5, 0.6) is 0 Å². The Hall–Kier alpha value is -1.73. The van der Waals surface area contributed by atoms with Crippen LogP contribution in [0.25, 0.3) is 0 Å². The van der Waals surface area contributed by atoms with E-state index in [-0.39, 0.29) is 11.5 Å². The molecular formula is C15H20N4O2S. The average molecular weight is 320 g/mol. The van der Waals surface area contributed by atoms with Crippen LogP contribution in [0.2, 0.25) is 0 Å². The van der Waals surface area contributed by atoms with Gasteiger partial charge in [-0.15, -0.1) is 0 Å². The fraction of sp³-hybridized carbons (Fsp3) is 0.467. The molecule has 1 aliphatic rings. The van der Waals surface area contributed by atoms with Gasteiger partial charge in [0.05, 0.1) is 23.3 Å². The summed E-state index contributed by atoms with van der Waals surface area (Å²) in [7, 11) is -3.42. The summed E-state index contributed by atoms with van der Waals surface area (Å²) in [5, 5.41) is 8.10. The lowest BCUT2D eigenvalue weighted by Crippen LogP contribution is -2.51. The maximum absolute atomic E-state index is 12.6. The van der Waals surface area contributed by atoms with Gasteiger partial charge in [-0.2, -0.15) is 19.3 Å². The highest BCUT2D eigenvalue weighted by Gasteiger charge is 2.38. The molecule has 1 saturated heterocycles. The Morgan fingerprint density at radius 1 is 1.05 bits per heavy atom. The Morgan fingerprint density at radius 2 is 1.59 bits per heavy atom. The number of sulfonamides is 1. The predicted octanol–water partition coefficient (Wildman–Crippen LogP) is 1.82. The lowest BCUT2D eigenvalue weighted by Gasteiger charge is -2.37. The van der Waals surface area contributed by atoms with E-state index < -0.39 is 10.0 Å². The zero-order valence-electron chi connectivity index (χ0n) is 13.0. The first kappa shape index (κ1) is 15.2.